The predicted octanol–water partition coefficient (Wildman–Crippen LogP) is 4.44. The van der Waals surface area contributed by atoms with E-state index in [9.17, 15) is 13.2 Å². The molecule has 0 saturated heterocycles. The summed E-state index contributed by atoms with van der Waals surface area (Å²) in [6.07, 6.45) is 0. The van der Waals surface area contributed by atoms with Gasteiger partial charge in [-0.1, -0.05) is 54.6 Å². The fourth-order valence-corrected chi connectivity index (χ4v) is 4.91. The summed E-state index contributed by atoms with van der Waals surface area (Å²) in [7, 11) is -3.88. The average molecular weight is 423 g/mol. The number of nitrogens with one attached hydrogen (secondary N) is 1. The van der Waals surface area contributed by atoms with Gasteiger partial charge in [0.15, 0.2) is 0 Å². The summed E-state index contributed by atoms with van der Waals surface area (Å²) in [6, 6.07) is 22.0. The molecule has 0 aliphatic carbocycles. The zero-order valence-corrected chi connectivity index (χ0v) is 18.2. The minimum absolute atomic E-state index is 0.109. The fraction of sp³-hybridized carbons (Fsp3) is 0.208. The van der Waals surface area contributed by atoms with Crippen LogP contribution in [0.15, 0.2) is 77.7 Å². The summed E-state index contributed by atoms with van der Waals surface area (Å²) in [5.74, 6) is -0.384. The van der Waals surface area contributed by atoms with Crippen LogP contribution in [0, 0.1) is 20.8 Å². The zero-order valence-electron chi connectivity index (χ0n) is 17.4. The lowest BCUT2D eigenvalue weighted by Gasteiger charge is -2.23. The molecule has 5 nitrogen and oxygen atoms in total. The van der Waals surface area contributed by atoms with E-state index < -0.39 is 10.0 Å². The molecule has 0 fully saturated rings. The molecule has 1 N–H and O–H groups in total. The quantitative estimate of drug-likeness (QED) is 0.612. The van der Waals surface area contributed by atoms with E-state index in [1.165, 1.54) is 4.31 Å². The summed E-state index contributed by atoms with van der Waals surface area (Å²) in [4.78, 5) is 13.0. The molecule has 1 amide bonds. The van der Waals surface area contributed by atoms with Gasteiger partial charge in [0.1, 0.15) is 0 Å². The van der Waals surface area contributed by atoms with Crippen LogP contribution in [0.3, 0.4) is 0 Å². The number of carbonyl (C=O) groups excluding carboxylic acids is 1. The summed E-state index contributed by atoms with van der Waals surface area (Å²) in [5.41, 5.74) is 3.97. The fourth-order valence-electron chi connectivity index (χ4n) is 3.22. The Balaban J connectivity index is 1.91. The first-order valence-corrected chi connectivity index (χ1v) is 11.2. The van der Waals surface area contributed by atoms with Gasteiger partial charge in [-0.2, -0.15) is 4.31 Å². The Morgan fingerprint density at radius 3 is 2.27 bits per heavy atom. The Hall–Kier alpha value is -2.96. The Kier molecular flexibility index (Phi) is 6.70. The smallest absolute Gasteiger partial charge is 0.244 e. The van der Waals surface area contributed by atoms with Gasteiger partial charge in [-0.25, -0.2) is 8.42 Å². The largest absolute Gasteiger partial charge is 0.325 e. The number of rotatable bonds is 7. The summed E-state index contributed by atoms with van der Waals surface area (Å²) in [5, 5.41) is 2.80. The van der Waals surface area contributed by atoms with Crippen molar-refractivity contribution in [1.82, 2.24) is 4.31 Å². The normalized spacial score (nSPS) is 11.5. The first-order valence-electron chi connectivity index (χ1n) is 9.73. The molecule has 0 saturated carbocycles. The molecule has 0 heterocycles. The lowest BCUT2D eigenvalue weighted by Crippen LogP contribution is -2.38. The first kappa shape index (κ1) is 21.7. The molecule has 0 bridgehead atoms. The van der Waals surface area contributed by atoms with Gasteiger partial charge in [0.2, 0.25) is 15.9 Å². The predicted molar refractivity (Wildman–Crippen MR) is 120 cm³/mol. The molecular weight excluding hydrogens is 396 g/mol. The second-order valence-corrected chi connectivity index (χ2v) is 9.35. The van der Waals surface area contributed by atoms with E-state index in [1.807, 2.05) is 68.4 Å². The minimum atomic E-state index is -3.88. The van der Waals surface area contributed by atoms with Crippen molar-refractivity contribution < 1.29 is 13.2 Å². The van der Waals surface area contributed by atoms with E-state index in [0.29, 0.717) is 11.3 Å². The van der Waals surface area contributed by atoms with E-state index >= 15 is 0 Å². The standard InChI is InChI=1S/C24H26N2O3S/c1-18-8-7-11-22(14-18)25-24(27)17-26(16-21-9-5-4-6-10-21)30(28,29)23-15-19(2)12-13-20(23)3/h4-15H,16-17H2,1-3H3,(H,25,27). The third kappa shape index (κ3) is 5.34. The van der Waals surface area contributed by atoms with E-state index in [1.54, 1.807) is 25.1 Å². The van der Waals surface area contributed by atoms with Crippen molar-refractivity contribution >= 4 is 21.6 Å². The van der Waals surface area contributed by atoms with Gasteiger partial charge in [0, 0.05) is 12.2 Å². The highest BCUT2D eigenvalue weighted by Crippen LogP contribution is 2.23. The molecule has 0 aromatic heterocycles. The van der Waals surface area contributed by atoms with Crippen molar-refractivity contribution in [2.75, 3.05) is 11.9 Å². The Bertz CT molecular complexity index is 1140. The number of amides is 1. The molecule has 30 heavy (non-hydrogen) atoms. The van der Waals surface area contributed by atoms with Crippen LogP contribution in [0.4, 0.5) is 5.69 Å². The maximum Gasteiger partial charge on any atom is 0.244 e. The van der Waals surface area contributed by atoms with Gasteiger partial charge in [0.05, 0.1) is 11.4 Å². The lowest BCUT2D eigenvalue weighted by molar-refractivity contribution is -0.116. The highest BCUT2D eigenvalue weighted by Gasteiger charge is 2.28. The second-order valence-electron chi connectivity index (χ2n) is 7.45. The van der Waals surface area contributed by atoms with Gasteiger partial charge < -0.3 is 5.32 Å². The van der Waals surface area contributed by atoms with Crippen LogP contribution < -0.4 is 5.32 Å². The second kappa shape index (κ2) is 9.24. The topological polar surface area (TPSA) is 66.5 Å². The average Bonchev–Trinajstić information content (AvgIpc) is 2.70. The first-order chi connectivity index (χ1) is 14.3. The van der Waals surface area contributed by atoms with Crippen LogP contribution in [-0.2, 0) is 21.4 Å². The molecular formula is C24H26N2O3S. The third-order valence-corrected chi connectivity index (χ3v) is 6.72. The zero-order chi connectivity index (χ0) is 21.7. The van der Waals surface area contributed by atoms with Crippen LogP contribution in [0.1, 0.15) is 22.3 Å². The van der Waals surface area contributed by atoms with Crippen molar-refractivity contribution in [1.29, 1.82) is 0 Å². The monoisotopic (exact) mass is 422 g/mol. The molecule has 0 aliphatic rings. The van der Waals surface area contributed by atoms with E-state index in [4.69, 9.17) is 0 Å². The maximum absolute atomic E-state index is 13.5. The number of nitrogens with zero attached hydrogens (tertiary/aromatic N) is 1. The van der Waals surface area contributed by atoms with Crippen LogP contribution in [0.2, 0.25) is 0 Å². The lowest BCUT2D eigenvalue weighted by atomic mass is 10.2. The summed E-state index contributed by atoms with van der Waals surface area (Å²) < 4.78 is 28.2. The number of hydrogen-bond donors (Lipinski definition) is 1. The van der Waals surface area contributed by atoms with Gasteiger partial charge in [0.25, 0.3) is 0 Å². The molecule has 0 unspecified atom stereocenters. The van der Waals surface area contributed by atoms with Gasteiger partial charge in [-0.15, -0.1) is 0 Å². The van der Waals surface area contributed by atoms with Crippen molar-refractivity contribution in [2.45, 2.75) is 32.2 Å². The highest BCUT2D eigenvalue weighted by atomic mass is 32.2. The van der Waals surface area contributed by atoms with E-state index in [2.05, 4.69) is 5.32 Å². The van der Waals surface area contributed by atoms with Crippen LogP contribution in [-0.4, -0.2) is 25.2 Å². The molecule has 3 rings (SSSR count). The van der Waals surface area contributed by atoms with E-state index in [0.717, 1.165) is 16.7 Å². The number of carbonyl (C=O) groups is 1. The molecule has 156 valence electrons. The SMILES string of the molecule is Cc1cccc(NC(=O)CN(Cc2ccccc2)S(=O)(=O)c2cc(C)ccc2C)c1. The number of benzene rings is 3. The number of hydrogen-bond acceptors (Lipinski definition) is 3. The molecule has 0 radical (unpaired) electrons. The third-order valence-electron chi connectivity index (χ3n) is 4.79. The summed E-state index contributed by atoms with van der Waals surface area (Å²) >= 11 is 0. The molecule has 0 spiro atoms. The van der Waals surface area contributed by atoms with Crippen molar-refractivity contribution in [3.8, 4) is 0 Å². The summed E-state index contributed by atoms with van der Waals surface area (Å²) in [6.45, 7) is 5.38. The molecule has 0 atom stereocenters. The highest BCUT2D eigenvalue weighted by molar-refractivity contribution is 7.89. The Morgan fingerprint density at radius 1 is 0.867 bits per heavy atom. The van der Waals surface area contributed by atoms with Crippen LogP contribution in [0.5, 0.6) is 0 Å². The molecule has 6 heteroatoms. The van der Waals surface area contributed by atoms with Crippen LogP contribution >= 0.6 is 0 Å². The van der Waals surface area contributed by atoms with Gasteiger partial charge in [-0.05, 0) is 61.2 Å². The Labute approximate surface area is 178 Å². The molecule has 0 aliphatic heterocycles. The van der Waals surface area contributed by atoms with Gasteiger partial charge in [-0.3, -0.25) is 4.79 Å². The van der Waals surface area contributed by atoms with Crippen LogP contribution in [0.25, 0.3) is 0 Å². The minimum Gasteiger partial charge on any atom is -0.325 e. The van der Waals surface area contributed by atoms with Crippen molar-refractivity contribution in [3.05, 3.63) is 95.1 Å². The number of sulfonamides is 1. The van der Waals surface area contributed by atoms with Crippen molar-refractivity contribution in [2.24, 2.45) is 0 Å². The number of aryl methyl sites for hydroxylation is 3. The molecule has 3 aromatic rings. The van der Waals surface area contributed by atoms with Gasteiger partial charge >= 0.3 is 0 Å². The molecule has 3 aromatic carbocycles. The van der Waals surface area contributed by atoms with E-state index in [-0.39, 0.29) is 23.9 Å². The maximum atomic E-state index is 13.5. The number of anilines is 1. The Morgan fingerprint density at radius 2 is 1.57 bits per heavy atom. The van der Waals surface area contributed by atoms with Crippen molar-refractivity contribution in [3.63, 3.8) is 0 Å².